The second kappa shape index (κ2) is 5.67. The van der Waals surface area contributed by atoms with E-state index in [1.54, 1.807) is 17.9 Å². The minimum atomic E-state index is -0.479. The van der Waals surface area contributed by atoms with Gasteiger partial charge >= 0.3 is 0 Å². The Morgan fingerprint density at radius 3 is 2.95 bits per heavy atom. The van der Waals surface area contributed by atoms with Gasteiger partial charge in [0, 0.05) is 13.1 Å². The van der Waals surface area contributed by atoms with Crippen LogP contribution in [-0.2, 0) is 4.74 Å². The molecule has 1 aromatic rings. The predicted molar refractivity (Wildman–Crippen MR) is 70.4 cm³/mol. The van der Waals surface area contributed by atoms with E-state index in [0.29, 0.717) is 19.7 Å². The van der Waals surface area contributed by atoms with Crippen molar-refractivity contribution in [3.8, 4) is 0 Å². The van der Waals surface area contributed by atoms with Gasteiger partial charge in [-0.1, -0.05) is 6.07 Å². The van der Waals surface area contributed by atoms with Gasteiger partial charge in [0.05, 0.1) is 24.3 Å². The quantitative estimate of drug-likeness (QED) is 0.878. The number of carbonyl (C=O) groups excluding carboxylic acids is 1. The molecule has 1 fully saturated rings. The Balaban J connectivity index is 2.22. The first-order valence-corrected chi connectivity index (χ1v) is 6.41. The molecule has 19 heavy (non-hydrogen) atoms. The van der Waals surface area contributed by atoms with Crippen LogP contribution >= 0.6 is 0 Å². The molecule has 1 heterocycles. The van der Waals surface area contributed by atoms with Crippen molar-refractivity contribution < 1.29 is 13.9 Å². The SMILES string of the molecule is Cc1ccc(C(=O)N2CC(CN)OCC2C)c(F)c1. The lowest BCUT2D eigenvalue weighted by molar-refractivity contribution is -0.0427. The standard InChI is InChI=1S/C14H19FN2O2/c1-9-3-4-12(13(15)5-9)14(18)17-7-11(6-16)19-8-10(17)2/h3-5,10-11H,6-8,16H2,1-2H3. The summed E-state index contributed by atoms with van der Waals surface area (Å²) in [5.41, 5.74) is 6.46. The number of aryl methyl sites for hydroxylation is 1. The summed E-state index contributed by atoms with van der Waals surface area (Å²) in [4.78, 5) is 14.0. The molecule has 1 saturated heterocycles. The van der Waals surface area contributed by atoms with Gasteiger partial charge in [-0.15, -0.1) is 0 Å². The molecule has 1 aliphatic heterocycles. The number of halogens is 1. The number of nitrogens with zero attached hydrogens (tertiary/aromatic N) is 1. The molecule has 5 heteroatoms. The Labute approximate surface area is 112 Å². The number of ether oxygens (including phenoxy) is 1. The molecule has 0 aromatic heterocycles. The molecule has 1 aliphatic rings. The Morgan fingerprint density at radius 2 is 2.32 bits per heavy atom. The summed E-state index contributed by atoms with van der Waals surface area (Å²) in [5, 5.41) is 0. The van der Waals surface area contributed by atoms with Gasteiger partial charge in [-0.2, -0.15) is 0 Å². The third-order valence-electron chi connectivity index (χ3n) is 3.38. The molecule has 0 saturated carbocycles. The van der Waals surface area contributed by atoms with Crippen LogP contribution in [0.1, 0.15) is 22.8 Å². The number of benzene rings is 1. The maximum Gasteiger partial charge on any atom is 0.257 e. The van der Waals surface area contributed by atoms with Crippen LogP contribution in [0.5, 0.6) is 0 Å². The van der Waals surface area contributed by atoms with Crippen LogP contribution in [0.15, 0.2) is 18.2 Å². The van der Waals surface area contributed by atoms with E-state index < -0.39 is 5.82 Å². The molecule has 2 rings (SSSR count). The van der Waals surface area contributed by atoms with Crippen molar-refractivity contribution in [1.82, 2.24) is 4.90 Å². The molecule has 2 atom stereocenters. The molecule has 0 spiro atoms. The van der Waals surface area contributed by atoms with Gasteiger partial charge in [-0.05, 0) is 31.5 Å². The molecular weight excluding hydrogens is 247 g/mol. The first kappa shape index (κ1) is 14.0. The van der Waals surface area contributed by atoms with E-state index in [1.165, 1.54) is 12.1 Å². The number of hydrogen-bond donors (Lipinski definition) is 1. The average molecular weight is 266 g/mol. The highest BCUT2D eigenvalue weighted by atomic mass is 19.1. The Hall–Kier alpha value is -1.46. The van der Waals surface area contributed by atoms with Crippen LogP contribution in [0.3, 0.4) is 0 Å². The molecule has 1 aromatic carbocycles. The number of carbonyl (C=O) groups is 1. The molecule has 4 nitrogen and oxygen atoms in total. The zero-order chi connectivity index (χ0) is 14.0. The fourth-order valence-electron chi connectivity index (χ4n) is 2.19. The minimum absolute atomic E-state index is 0.0731. The van der Waals surface area contributed by atoms with E-state index in [1.807, 2.05) is 6.92 Å². The van der Waals surface area contributed by atoms with Gasteiger partial charge in [0.1, 0.15) is 5.82 Å². The summed E-state index contributed by atoms with van der Waals surface area (Å²) in [5.74, 6) is -0.778. The fourth-order valence-corrected chi connectivity index (χ4v) is 2.19. The summed E-state index contributed by atoms with van der Waals surface area (Å²) < 4.78 is 19.4. The van der Waals surface area contributed by atoms with E-state index in [2.05, 4.69) is 0 Å². The van der Waals surface area contributed by atoms with E-state index in [-0.39, 0.29) is 23.6 Å². The van der Waals surface area contributed by atoms with Crippen molar-refractivity contribution in [3.63, 3.8) is 0 Å². The summed E-state index contributed by atoms with van der Waals surface area (Å²) in [6.07, 6.45) is -0.173. The smallest absolute Gasteiger partial charge is 0.257 e. The van der Waals surface area contributed by atoms with E-state index >= 15 is 0 Å². The fraction of sp³-hybridized carbons (Fsp3) is 0.500. The molecule has 2 N–H and O–H groups in total. The second-order valence-corrected chi connectivity index (χ2v) is 4.98. The van der Waals surface area contributed by atoms with Crippen molar-refractivity contribution in [3.05, 3.63) is 35.1 Å². The number of amides is 1. The molecule has 0 radical (unpaired) electrons. The largest absolute Gasteiger partial charge is 0.373 e. The third-order valence-corrected chi connectivity index (χ3v) is 3.38. The minimum Gasteiger partial charge on any atom is -0.373 e. The van der Waals surface area contributed by atoms with Gasteiger partial charge in [0.25, 0.3) is 5.91 Å². The molecular formula is C14H19FN2O2. The maximum absolute atomic E-state index is 13.9. The molecule has 0 bridgehead atoms. The lowest BCUT2D eigenvalue weighted by Gasteiger charge is -2.37. The van der Waals surface area contributed by atoms with Crippen LogP contribution in [0.2, 0.25) is 0 Å². The van der Waals surface area contributed by atoms with Crippen molar-refractivity contribution >= 4 is 5.91 Å². The summed E-state index contributed by atoms with van der Waals surface area (Å²) in [6, 6.07) is 4.57. The van der Waals surface area contributed by atoms with Gasteiger partial charge in [0.15, 0.2) is 0 Å². The van der Waals surface area contributed by atoms with Crippen molar-refractivity contribution in [2.24, 2.45) is 5.73 Å². The topological polar surface area (TPSA) is 55.6 Å². The van der Waals surface area contributed by atoms with Crippen LogP contribution in [-0.4, -0.2) is 42.6 Å². The zero-order valence-electron chi connectivity index (χ0n) is 11.2. The summed E-state index contributed by atoms with van der Waals surface area (Å²) >= 11 is 0. The predicted octanol–water partition coefficient (Wildman–Crippen LogP) is 1.32. The monoisotopic (exact) mass is 266 g/mol. The molecule has 104 valence electrons. The highest BCUT2D eigenvalue weighted by Crippen LogP contribution is 2.18. The molecule has 0 aliphatic carbocycles. The lowest BCUT2D eigenvalue weighted by atomic mass is 10.1. The van der Waals surface area contributed by atoms with Gasteiger partial charge in [-0.3, -0.25) is 4.79 Å². The summed E-state index contributed by atoms with van der Waals surface area (Å²) in [7, 11) is 0. The lowest BCUT2D eigenvalue weighted by Crippen LogP contribution is -2.53. The van der Waals surface area contributed by atoms with E-state index in [9.17, 15) is 9.18 Å². The van der Waals surface area contributed by atoms with E-state index in [4.69, 9.17) is 10.5 Å². The van der Waals surface area contributed by atoms with Crippen molar-refractivity contribution in [1.29, 1.82) is 0 Å². The normalized spacial score (nSPS) is 23.5. The van der Waals surface area contributed by atoms with Crippen LogP contribution in [0.25, 0.3) is 0 Å². The molecule has 1 amide bonds. The van der Waals surface area contributed by atoms with Crippen molar-refractivity contribution in [2.45, 2.75) is 26.0 Å². The number of nitrogens with two attached hydrogens (primary N) is 1. The highest BCUT2D eigenvalue weighted by Gasteiger charge is 2.30. The van der Waals surface area contributed by atoms with E-state index in [0.717, 1.165) is 5.56 Å². The van der Waals surface area contributed by atoms with Crippen LogP contribution < -0.4 is 5.73 Å². The first-order chi connectivity index (χ1) is 9.02. The number of morpholine rings is 1. The Kier molecular flexibility index (Phi) is 4.17. The molecule has 2 unspecified atom stereocenters. The third kappa shape index (κ3) is 2.93. The second-order valence-electron chi connectivity index (χ2n) is 4.98. The highest BCUT2D eigenvalue weighted by molar-refractivity contribution is 5.94. The van der Waals surface area contributed by atoms with Gasteiger partial charge in [0.2, 0.25) is 0 Å². The number of hydrogen-bond acceptors (Lipinski definition) is 3. The van der Waals surface area contributed by atoms with Gasteiger partial charge < -0.3 is 15.4 Å². The summed E-state index contributed by atoms with van der Waals surface area (Å²) in [6.45, 7) is 4.87. The Morgan fingerprint density at radius 1 is 1.58 bits per heavy atom. The Bertz CT molecular complexity index is 479. The van der Waals surface area contributed by atoms with Gasteiger partial charge in [-0.25, -0.2) is 4.39 Å². The van der Waals surface area contributed by atoms with Crippen LogP contribution in [0, 0.1) is 12.7 Å². The first-order valence-electron chi connectivity index (χ1n) is 6.41. The number of rotatable bonds is 2. The van der Waals surface area contributed by atoms with Crippen LogP contribution in [0.4, 0.5) is 4.39 Å². The zero-order valence-corrected chi connectivity index (χ0v) is 11.2. The average Bonchev–Trinajstić information content (AvgIpc) is 2.38. The maximum atomic E-state index is 13.9. The van der Waals surface area contributed by atoms with Crippen molar-refractivity contribution in [2.75, 3.05) is 19.7 Å².